The van der Waals surface area contributed by atoms with Gasteiger partial charge in [-0.15, -0.1) is 6.58 Å². The Morgan fingerprint density at radius 2 is 1.97 bits per heavy atom. The number of carbonyl (C=O) groups excluding carboxylic acids is 1. The zero-order valence-corrected chi connectivity index (χ0v) is 20.7. The highest BCUT2D eigenvalue weighted by atomic mass is 16.5. The van der Waals surface area contributed by atoms with Crippen LogP contribution in [0.2, 0.25) is 0 Å². The van der Waals surface area contributed by atoms with Gasteiger partial charge in [0.1, 0.15) is 11.9 Å². The third-order valence-electron chi connectivity index (χ3n) is 7.26. The van der Waals surface area contributed by atoms with E-state index in [1.54, 1.807) is 13.2 Å². The Labute approximate surface area is 199 Å². The average Bonchev–Trinajstić information content (AvgIpc) is 2.80. The van der Waals surface area contributed by atoms with Gasteiger partial charge in [0.2, 0.25) is 0 Å². The van der Waals surface area contributed by atoms with Crippen molar-refractivity contribution in [3.63, 3.8) is 0 Å². The summed E-state index contributed by atoms with van der Waals surface area (Å²) in [4.78, 5) is 12.2. The predicted octanol–water partition coefficient (Wildman–Crippen LogP) is 6.51. The molecule has 0 saturated carbocycles. The van der Waals surface area contributed by atoms with Crippen molar-refractivity contribution in [2.24, 2.45) is 11.8 Å². The van der Waals surface area contributed by atoms with E-state index < -0.39 is 5.60 Å². The third kappa shape index (κ3) is 6.24. The van der Waals surface area contributed by atoms with Crippen LogP contribution in [0.3, 0.4) is 0 Å². The maximum atomic E-state index is 12.2. The number of carbonyl (C=O) groups is 1. The van der Waals surface area contributed by atoms with Crippen LogP contribution in [0.5, 0.6) is 5.75 Å². The Morgan fingerprint density at radius 3 is 2.61 bits per heavy atom. The van der Waals surface area contributed by atoms with Crippen LogP contribution in [0, 0.1) is 11.8 Å². The molecule has 4 atom stereocenters. The second-order valence-corrected chi connectivity index (χ2v) is 9.83. The van der Waals surface area contributed by atoms with Gasteiger partial charge in [0, 0.05) is 13.0 Å². The Bertz CT molecular complexity index is 891. The van der Waals surface area contributed by atoms with E-state index in [-0.39, 0.29) is 11.9 Å². The molecule has 0 fully saturated rings. The normalized spacial score (nSPS) is 22.2. The monoisotopic (exact) mass is 452 g/mol. The number of ether oxygens (including phenoxy) is 2. The van der Waals surface area contributed by atoms with Crippen molar-refractivity contribution < 1.29 is 19.4 Å². The van der Waals surface area contributed by atoms with Crippen LogP contribution < -0.4 is 4.74 Å². The number of ketones is 1. The molecular formula is C29H40O4. The zero-order chi connectivity index (χ0) is 24.0. The second kappa shape index (κ2) is 11.3. The summed E-state index contributed by atoms with van der Waals surface area (Å²) in [6.07, 6.45) is 9.08. The van der Waals surface area contributed by atoms with E-state index >= 15 is 0 Å². The summed E-state index contributed by atoms with van der Waals surface area (Å²) in [7, 11) is 1.68. The molecule has 2 aliphatic carbocycles. The summed E-state index contributed by atoms with van der Waals surface area (Å²) in [6, 6.07) is 8.16. The molecule has 0 aliphatic heterocycles. The first kappa shape index (κ1) is 25.5. The van der Waals surface area contributed by atoms with E-state index in [4.69, 9.17) is 9.47 Å². The van der Waals surface area contributed by atoms with Crippen molar-refractivity contribution in [1.82, 2.24) is 0 Å². The number of allylic oxidation sites excluding steroid dienone is 3. The fraction of sp³-hybridized carbons (Fsp3) is 0.552. The maximum Gasteiger partial charge on any atom is 0.156 e. The number of methoxy groups -OCH3 is 1. The topological polar surface area (TPSA) is 55.8 Å². The standard InChI is InChI=1S/C29H40O4/c1-6-17-29(4,31)18-16-20(3)25-14-10-22-19-23(30)11-15-26(22)27(25)28(33-7-2)21-8-12-24(32-5)13-9-21/h6,8-9,12-13,19-20,25,28,31H,1,7,10-11,14-18H2,2-5H3/t20?,25?,28-,29-/m0/s1. The Hall–Kier alpha value is -2.17. The fourth-order valence-corrected chi connectivity index (χ4v) is 5.41. The van der Waals surface area contributed by atoms with Gasteiger partial charge < -0.3 is 14.6 Å². The molecule has 4 heteroatoms. The molecule has 4 nitrogen and oxygen atoms in total. The summed E-state index contributed by atoms with van der Waals surface area (Å²) in [5, 5.41) is 10.7. The second-order valence-electron chi connectivity index (χ2n) is 9.83. The molecule has 0 amide bonds. The van der Waals surface area contributed by atoms with Gasteiger partial charge in [-0.2, -0.15) is 0 Å². The smallest absolute Gasteiger partial charge is 0.156 e. The molecule has 0 spiro atoms. The van der Waals surface area contributed by atoms with Gasteiger partial charge in [-0.05, 0) is 105 Å². The van der Waals surface area contributed by atoms with Crippen LogP contribution in [0.15, 0.2) is 59.7 Å². The molecule has 0 aromatic heterocycles. The first-order chi connectivity index (χ1) is 15.8. The quantitative estimate of drug-likeness (QED) is 0.389. The lowest BCUT2D eigenvalue weighted by Crippen LogP contribution is -2.30. The molecule has 1 aromatic carbocycles. The van der Waals surface area contributed by atoms with E-state index in [0.717, 1.165) is 43.4 Å². The summed E-state index contributed by atoms with van der Waals surface area (Å²) in [5.74, 6) is 1.80. The molecule has 0 radical (unpaired) electrons. The Morgan fingerprint density at radius 1 is 1.24 bits per heavy atom. The average molecular weight is 453 g/mol. The first-order valence-electron chi connectivity index (χ1n) is 12.3. The Balaban J connectivity index is 1.99. The van der Waals surface area contributed by atoms with Gasteiger partial charge in [-0.25, -0.2) is 0 Å². The largest absolute Gasteiger partial charge is 0.497 e. The van der Waals surface area contributed by atoms with Crippen LogP contribution in [0.4, 0.5) is 0 Å². The summed E-state index contributed by atoms with van der Waals surface area (Å²) in [6.45, 7) is 10.6. The molecular weight excluding hydrogens is 412 g/mol. The maximum absolute atomic E-state index is 12.2. The SMILES string of the molecule is C=CC[C@](C)(O)CCC(C)C1CCC2=CC(=O)CCC2=C1[C@@H](OCC)c1ccc(OC)cc1. The molecule has 2 unspecified atom stereocenters. The Kier molecular flexibility index (Phi) is 8.72. The number of benzene rings is 1. The minimum Gasteiger partial charge on any atom is -0.497 e. The molecule has 180 valence electrons. The molecule has 1 aromatic rings. The van der Waals surface area contributed by atoms with Crippen LogP contribution in [-0.2, 0) is 9.53 Å². The van der Waals surface area contributed by atoms with Crippen molar-refractivity contribution in [3.05, 3.63) is 65.3 Å². The molecule has 33 heavy (non-hydrogen) atoms. The number of hydrogen-bond donors (Lipinski definition) is 1. The molecule has 0 saturated heterocycles. The molecule has 0 heterocycles. The molecule has 2 aliphatic rings. The van der Waals surface area contributed by atoms with Gasteiger partial charge in [0.25, 0.3) is 0 Å². The molecule has 3 rings (SSSR count). The van der Waals surface area contributed by atoms with E-state index in [9.17, 15) is 9.90 Å². The van der Waals surface area contributed by atoms with Gasteiger partial charge in [0.05, 0.1) is 12.7 Å². The summed E-state index contributed by atoms with van der Waals surface area (Å²) >= 11 is 0. The lowest BCUT2D eigenvalue weighted by Gasteiger charge is -2.40. The van der Waals surface area contributed by atoms with Gasteiger partial charge in [-0.3, -0.25) is 4.79 Å². The highest BCUT2D eigenvalue weighted by Crippen LogP contribution is 2.48. The number of fused-ring (bicyclic) bond motifs is 1. The first-order valence-corrected chi connectivity index (χ1v) is 12.3. The highest BCUT2D eigenvalue weighted by molar-refractivity contribution is 5.93. The van der Waals surface area contributed by atoms with Gasteiger partial charge in [0.15, 0.2) is 5.78 Å². The van der Waals surface area contributed by atoms with E-state index in [2.05, 4.69) is 25.6 Å². The van der Waals surface area contributed by atoms with Crippen LogP contribution in [0.1, 0.15) is 77.4 Å². The van der Waals surface area contributed by atoms with Crippen LogP contribution in [0.25, 0.3) is 0 Å². The van der Waals surface area contributed by atoms with Crippen molar-refractivity contribution in [2.45, 2.75) is 77.4 Å². The minimum absolute atomic E-state index is 0.144. The predicted molar refractivity (Wildman–Crippen MR) is 133 cm³/mol. The van der Waals surface area contributed by atoms with Crippen molar-refractivity contribution >= 4 is 5.78 Å². The number of aliphatic hydroxyl groups is 1. The van der Waals surface area contributed by atoms with Crippen LogP contribution >= 0.6 is 0 Å². The third-order valence-corrected chi connectivity index (χ3v) is 7.26. The molecule has 1 N–H and O–H groups in total. The number of rotatable bonds is 11. The molecule has 0 bridgehead atoms. The van der Waals surface area contributed by atoms with Crippen molar-refractivity contribution in [3.8, 4) is 5.75 Å². The lowest BCUT2D eigenvalue weighted by atomic mass is 9.68. The summed E-state index contributed by atoms with van der Waals surface area (Å²) < 4.78 is 11.8. The fourth-order valence-electron chi connectivity index (χ4n) is 5.41. The van der Waals surface area contributed by atoms with Gasteiger partial charge >= 0.3 is 0 Å². The van der Waals surface area contributed by atoms with Crippen molar-refractivity contribution in [2.75, 3.05) is 13.7 Å². The van der Waals surface area contributed by atoms with E-state index in [1.165, 1.54) is 16.7 Å². The van der Waals surface area contributed by atoms with Crippen molar-refractivity contribution in [1.29, 1.82) is 0 Å². The summed E-state index contributed by atoms with van der Waals surface area (Å²) in [5.41, 5.74) is 4.25. The van der Waals surface area contributed by atoms with E-state index in [1.807, 2.05) is 32.1 Å². The number of hydrogen-bond acceptors (Lipinski definition) is 4. The highest BCUT2D eigenvalue weighted by Gasteiger charge is 2.37. The minimum atomic E-state index is -0.727. The zero-order valence-electron chi connectivity index (χ0n) is 20.7. The van der Waals surface area contributed by atoms with Crippen LogP contribution in [-0.4, -0.2) is 30.2 Å². The van der Waals surface area contributed by atoms with E-state index in [0.29, 0.717) is 31.3 Å². The lowest BCUT2D eigenvalue weighted by molar-refractivity contribution is -0.114. The van der Waals surface area contributed by atoms with Gasteiger partial charge in [-0.1, -0.05) is 25.1 Å².